The maximum absolute atomic E-state index is 12.0. The van der Waals surface area contributed by atoms with Gasteiger partial charge < -0.3 is 5.32 Å². The van der Waals surface area contributed by atoms with Gasteiger partial charge >= 0.3 is 0 Å². The molecule has 108 valence electrons. The first-order valence-electron chi connectivity index (χ1n) is 6.75. The van der Waals surface area contributed by atoms with Crippen molar-refractivity contribution in [1.29, 1.82) is 0 Å². The second kappa shape index (κ2) is 5.90. The van der Waals surface area contributed by atoms with Gasteiger partial charge in [-0.25, -0.2) is 0 Å². The van der Waals surface area contributed by atoms with E-state index in [9.17, 15) is 4.79 Å². The highest BCUT2D eigenvalue weighted by Crippen LogP contribution is 2.10. The lowest BCUT2D eigenvalue weighted by Gasteiger charge is -2.13. The zero-order valence-electron chi connectivity index (χ0n) is 12.4. The molecule has 0 radical (unpaired) electrons. The van der Waals surface area contributed by atoms with E-state index in [1.54, 1.807) is 0 Å². The topological polar surface area (TPSA) is 75.6 Å². The average Bonchev–Trinajstić information content (AvgIpc) is 2.97. The van der Waals surface area contributed by atoms with Gasteiger partial charge in [0.15, 0.2) is 0 Å². The third kappa shape index (κ3) is 3.26. The van der Waals surface area contributed by atoms with Crippen molar-refractivity contribution in [3.8, 4) is 0 Å². The highest BCUT2D eigenvalue weighted by molar-refractivity contribution is 5.79. The number of carbonyl (C=O) groups is 1. The lowest BCUT2D eigenvalue weighted by Crippen LogP contribution is -2.31. The fraction of sp³-hybridized carbons (Fsp3) is 0.500. The Kier molecular flexibility index (Phi) is 4.22. The Morgan fingerprint density at radius 2 is 2.20 bits per heavy atom. The van der Waals surface area contributed by atoms with Gasteiger partial charge in [-0.15, -0.1) is 0 Å². The molecule has 6 nitrogen and oxygen atoms in total. The number of carbonyl (C=O) groups excluding carboxylic acids is 1. The number of aryl methyl sites for hydroxylation is 3. The Hall–Kier alpha value is -2.11. The molecule has 0 saturated heterocycles. The maximum Gasteiger partial charge on any atom is 0.224 e. The predicted octanol–water partition coefficient (Wildman–Crippen LogP) is 1.45. The molecule has 6 heteroatoms. The smallest absolute Gasteiger partial charge is 0.224 e. The Labute approximate surface area is 118 Å². The molecule has 0 aliphatic carbocycles. The molecule has 0 aliphatic heterocycles. The summed E-state index contributed by atoms with van der Waals surface area (Å²) in [5.41, 5.74) is 3.93. The molecular formula is C14H21N5O. The summed E-state index contributed by atoms with van der Waals surface area (Å²) in [7, 11) is 0. The van der Waals surface area contributed by atoms with Gasteiger partial charge in [-0.1, -0.05) is 0 Å². The Morgan fingerprint density at radius 3 is 2.75 bits per heavy atom. The van der Waals surface area contributed by atoms with Crippen molar-refractivity contribution >= 4 is 5.91 Å². The van der Waals surface area contributed by atoms with Crippen molar-refractivity contribution in [3.05, 3.63) is 34.9 Å². The van der Waals surface area contributed by atoms with Crippen molar-refractivity contribution < 1.29 is 4.79 Å². The third-order valence-electron chi connectivity index (χ3n) is 3.39. The van der Waals surface area contributed by atoms with E-state index in [2.05, 4.69) is 20.6 Å². The van der Waals surface area contributed by atoms with Crippen LogP contribution in [-0.4, -0.2) is 32.4 Å². The van der Waals surface area contributed by atoms with Gasteiger partial charge in [-0.05, 0) is 33.3 Å². The molecule has 2 rings (SSSR count). The minimum atomic E-state index is 0.00771. The molecule has 0 saturated carbocycles. The first-order valence-corrected chi connectivity index (χ1v) is 6.75. The number of aromatic amines is 1. The van der Waals surface area contributed by atoms with Crippen LogP contribution < -0.4 is 5.32 Å². The number of rotatable bonds is 5. The molecular weight excluding hydrogens is 254 g/mol. The standard InChI is InChI=1S/C14H21N5O/c1-9-6-16-19(8-9)10(2)7-15-14(20)5-13-11(3)17-18-12(13)4/h6,8,10H,5,7H2,1-4H3,(H,15,20)(H,17,18)/t10-/m0/s1. The first kappa shape index (κ1) is 14.3. The zero-order chi connectivity index (χ0) is 14.7. The summed E-state index contributed by atoms with van der Waals surface area (Å²) >= 11 is 0. The molecule has 0 aliphatic rings. The van der Waals surface area contributed by atoms with E-state index in [1.165, 1.54) is 0 Å². The molecule has 2 heterocycles. The number of amides is 1. The van der Waals surface area contributed by atoms with Gasteiger partial charge in [0.25, 0.3) is 0 Å². The van der Waals surface area contributed by atoms with Crippen LogP contribution in [0.25, 0.3) is 0 Å². The normalized spacial score (nSPS) is 12.4. The van der Waals surface area contributed by atoms with Crippen LogP contribution in [0.3, 0.4) is 0 Å². The van der Waals surface area contributed by atoms with E-state index < -0.39 is 0 Å². The fourth-order valence-electron chi connectivity index (χ4n) is 2.09. The third-order valence-corrected chi connectivity index (χ3v) is 3.39. The molecule has 20 heavy (non-hydrogen) atoms. The van der Waals surface area contributed by atoms with Crippen molar-refractivity contribution in [3.63, 3.8) is 0 Å². The molecule has 1 amide bonds. The number of H-pyrrole nitrogens is 1. The van der Waals surface area contributed by atoms with Gasteiger partial charge in [0.05, 0.1) is 24.4 Å². The molecule has 0 aromatic carbocycles. The van der Waals surface area contributed by atoms with E-state index in [1.807, 2.05) is 44.8 Å². The van der Waals surface area contributed by atoms with Crippen molar-refractivity contribution in [1.82, 2.24) is 25.3 Å². The minimum Gasteiger partial charge on any atom is -0.354 e. The van der Waals surface area contributed by atoms with Crippen LogP contribution in [-0.2, 0) is 11.2 Å². The Balaban J connectivity index is 1.86. The summed E-state index contributed by atoms with van der Waals surface area (Å²) in [6.07, 6.45) is 4.15. The monoisotopic (exact) mass is 275 g/mol. The summed E-state index contributed by atoms with van der Waals surface area (Å²) in [6, 6.07) is 0.138. The average molecular weight is 275 g/mol. The van der Waals surface area contributed by atoms with E-state index in [0.717, 1.165) is 22.5 Å². The molecule has 2 aromatic rings. The maximum atomic E-state index is 12.0. The second-order valence-electron chi connectivity index (χ2n) is 5.24. The minimum absolute atomic E-state index is 0.00771. The second-order valence-corrected chi connectivity index (χ2v) is 5.24. The SMILES string of the molecule is Cc1cnn([C@@H](C)CNC(=O)Cc2c(C)n[nH]c2C)c1. The van der Waals surface area contributed by atoms with Gasteiger partial charge in [-0.2, -0.15) is 10.2 Å². The molecule has 0 fully saturated rings. The summed E-state index contributed by atoms with van der Waals surface area (Å²) < 4.78 is 1.87. The van der Waals surface area contributed by atoms with Crippen LogP contribution in [0.4, 0.5) is 0 Å². The van der Waals surface area contributed by atoms with E-state index in [-0.39, 0.29) is 11.9 Å². The summed E-state index contributed by atoms with van der Waals surface area (Å²) in [5, 5.41) is 14.2. The molecule has 0 unspecified atom stereocenters. The van der Waals surface area contributed by atoms with Gasteiger partial charge in [-0.3, -0.25) is 14.6 Å². The van der Waals surface area contributed by atoms with E-state index >= 15 is 0 Å². The van der Waals surface area contributed by atoms with Crippen LogP contribution in [0.1, 0.15) is 35.5 Å². The highest BCUT2D eigenvalue weighted by atomic mass is 16.1. The van der Waals surface area contributed by atoms with Gasteiger partial charge in [0.2, 0.25) is 5.91 Å². The van der Waals surface area contributed by atoms with Crippen LogP contribution in [0.15, 0.2) is 12.4 Å². The van der Waals surface area contributed by atoms with Gasteiger partial charge in [0.1, 0.15) is 0 Å². The lowest BCUT2D eigenvalue weighted by molar-refractivity contribution is -0.120. The molecule has 0 spiro atoms. The van der Waals surface area contributed by atoms with Crippen molar-refractivity contribution in [2.24, 2.45) is 0 Å². The summed E-state index contributed by atoms with van der Waals surface area (Å²) in [5.74, 6) is 0.00771. The summed E-state index contributed by atoms with van der Waals surface area (Å²) in [4.78, 5) is 12.0. The molecule has 0 bridgehead atoms. The van der Waals surface area contributed by atoms with Crippen molar-refractivity contribution in [2.75, 3.05) is 6.54 Å². The predicted molar refractivity (Wildman–Crippen MR) is 76.5 cm³/mol. The molecule has 1 atom stereocenters. The Morgan fingerprint density at radius 1 is 1.45 bits per heavy atom. The highest BCUT2D eigenvalue weighted by Gasteiger charge is 2.12. The Bertz CT molecular complexity index is 579. The number of hydrogen-bond donors (Lipinski definition) is 2. The largest absolute Gasteiger partial charge is 0.354 e. The number of hydrogen-bond acceptors (Lipinski definition) is 3. The summed E-state index contributed by atoms with van der Waals surface area (Å²) in [6.45, 7) is 8.43. The van der Waals surface area contributed by atoms with Crippen LogP contribution in [0.2, 0.25) is 0 Å². The fourth-order valence-corrected chi connectivity index (χ4v) is 2.09. The van der Waals surface area contributed by atoms with Crippen LogP contribution in [0, 0.1) is 20.8 Å². The van der Waals surface area contributed by atoms with Crippen LogP contribution in [0.5, 0.6) is 0 Å². The molecule has 2 aromatic heterocycles. The number of nitrogens with zero attached hydrogens (tertiary/aromatic N) is 3. The van der Waals surface area contributed by atoms with Gasteiger partial charge in [0, 0.05) is 24.0 Å². The van der Waals surface area contributed by atoms with Crippen molar-refractivity contribution in [2.45, 2.75) is 40.2 Å². The van der Waals surface area contributed by atoms with E-state index in [0.29, 0.717) is 13.0 Å². The zero-order valence-corrected chi connectivity index (χ0v) is 12.4. The quantitative estimate of drug-likeness (QED) is 0.867. The van der Waals surface area contributed by atoms with E-state index in [4.69, 9.17) is 0 Å². The molecule has 2 N–H and O–H groups in total. The first-order chi connectivity index (χ1) is 9.47. The number of nitrogens with one attached hydrogen (secondary N) is 2. The van der Waals surface area contributed by atoms with Crippen LogP contribution >= 0.6 is 0 Å². The lowest BCUT2D eigenvalue weighted by atomic mass is 10.1. The number of aromatic nitrogens is 4.